The zero-order valence-electron chi connectivity index (χ0n) is 12.6. The predicted octanol–water partition coefficient (Wildman–Crippen LogP) is 2.28. The summed E-state index contributed by atoms with van der Waals surface area (Å²) < 4.78 is 0. The van der Waals surface area contributed by atoms with Crippen molar-refractivity contribution >= 4 is 11.9 Å². The van der Waals surface area contributed by atoms with Crippen LogP contribution in [0.25, 0.3) is 0 Å². The van der Waals surface area contributed by atoms with Crippen LogP contribution in [-0.4, -0.2) is 32.9 Å². The number of rotatable bonds is 2. The number of aryl methyl sites for hydroxylation is 2. The van der Waals surface area contributed by atoms with Gasteiger partial charge in [0.2, 0.25) is 0 Å². The zero-order valence-corrected chi connectivity index (χ0v) is 12.6. The number of nitrogens with one attached hydrogen (secondary N) is 1. The van der Waals surface area contributed by atoms with Crippen molar-refractivity contribution in [3.8, 4) is 0 Å². The Kier molecular flexibility index (Phi) is 3.48. The molecule has 2 aromatic rings. The van der Waals surface area contributed by atoms with E-state index in [4.69, 9.17) is 0 Å². The lowest BCUT2D eigenvalue weighted by Gasteiger charge is -2.34. The monoisotopic (exact) mass is 298 g/mol. The highest BCUT2D eigenvalue weighted by molar-refractivity contribution is 5.96. The molecule has 0 radical (unpaired) electrons. The van der Waals surface area contributed by atoms with Crippen molar-refractivity contribution in [2.45, 2.75) is 32.9 Å². The molecule has 1 aliphatic heterocycles. The highest BCUT2D eigenvalue weighted by Gasteiger charge is 2.35. The van der Waals surface area contributed by atoms with Gasteiger partial charge in [-0.05, 0) is 36.6 Å². The predicted molar refractivity (Wildman–Crippen MR) is 81.7 cm³/mol. The maximum absolute atomic E-state index is 12.8. The summed E-state index contributed by atoms with van der Waals surface area (Å²) in [5, 5.41) is 9.50. The van der Waals surface area contributed by atoms with Gasteiger partial charge in [0, 0.05) is 18.7 Å². The van der Waals surface area contributed by atoms with Crippen molar-refractivity contribution in [1.82, 2.24) is 9.88 Å². The lowest BCUT2D eigenvalue weighted by molar-refractivity contribution is -0.142. The van der Waals surface area contributed by atoms with Gasteiger partial charge < -0.3 is 15.0 Å². The third kappa shape index (κ3) is 2.39. The van der Waals surface area contributed by atoms with Crippen LogP contribution < -0.4 is 0 Å². The van der Waals surface area contributed by atoms with E-state index in [2.05, 4.69) is 4.98 Å². The van der Waals surface area contributed by atoms with Gasteiger partial charge in [-0.1, -0.05) is 24.3 Å². The van der Waals surface area contributed by atoms with Gasteiger partial charge in [0.15, 0.2) is 0 Å². The first kappa shape index (κ1) is 14.4. The van der Waals surface area contributed by atoms with E-state index in [9.17, 15) is 14.7 Å². The van der Waals surface area contributed by atoms with Gasteiger partial charge in [0.25, 0.3) is 5.91 Å². The number of aromatic amines is 1. The minimum atomic E-state index is -0.969. The van der Waals surface area contributed by atoms with Crippen LogP contribution in [0.5, 0.6) is 0 Å². The van der Waals surface area contributed by atoms with Crippen LogP contribution >= 0.6 is 0 Å². The van der Waals surface area contributed by atoms with E-state index in [1.807, 2.05) is 44.2 Å². The molecule has 1 aromatic heterocycles. The van der Waals surface area contributed by atoms with Crippen LogP contribution in [0.4, 0.5) is 0 Å². The number of carbonyl (C=O) groups is 2. The Morgan fingerprint density at radius 3 is 2.50 bits per heavy atom. The summed E-state index contributed by atoms with van der Waals surface area (Å²) in [5.41, 5.74) is 4.21. The van der Waals surface area contributed by atoms with Crippen LogP contribution in [0.1, 0.15) is 32.9 Å². The minimum Gasteiger partial charge on any atom is -0.480 e. The van der Waals surface area contributed by atoms with Gasteiger partial charge in [-0.15, -0.1) is 0 Å². The Morgan fingerprint density at radius 2 is 1.91 bits per heavy atom. The highest BCUT2D eigenvalue weighted by Crippen LogP contribution is 2.25. The SMILES string of the molecule is Cc1cc(C)c(C(=O)N2Cc3ccccc3CC2C(=O)O)[nH]1. The molecule has 3 rings (SSSR count). The number of carboxylic acids is 1. The molecule has 5 nitrogen and oxygen atoms in total. The van der Waals surface area contributed by atoms with Crippen molar-refractivity contribution in [3.63, 3.8) is 0 Å². The number of carbonyl (C=O) groups excluding carboxylic acids is 1. The van der Waals surface area contributed by atoms with Gasteiger partial charge in [0.05, 0.1) is 0 Å². The van der Waals surface area contributed by atoms with Crippen LogP contribution in [0.15, 0.2) is 30.3 Å². The van der Waals surface area contributed by atoms with E-state index in [1.165, 1.54) is 4.90 Å². The lowest BCUT2D eigenvalue weighted by atomic mass is 9.93. The second-order valence-electron chi connectivity index (χ2n) is 5.77. The number of aliphatic carboxylic acids is 1. The Hall–Kier alpha value is -2.56. The number of fused-ring (bicyclic) bond motifs is 1. The fourth-order valence-electron chi connectivity index (χ4n) is 3.05. The summed E-state index contributed by atoms with van der Waals surface area (Å²) in [6, 6.07) is 8.74. The number of hydrogen-bond acceptors (Lipinski definition) is 2. The number of aromatic nitrogens is 1. The molecule has 1 amide bonds. The average Bonchev–Trinajstić information content (AvgIpc) is 2.83. The number of carboxylic acid groups (broad SMARTS) is 1. The van der Waals surface area contributed by atoms with E-state index in [0.29, 0.717) is 18.7 Å². The molecule has 2 heterocycles. The fraction of sp³-hybridized carbons (Fsp3) is 0.294. The normalized spacial score (nSPS) is 17.2. The molecule has 1 aliphatic rings. The van der Waals surface area contributed by atoms with Crippen molar-refractivity contribution in [3.05, 3.63) is 58.4 Å². The molecule has 1 aromatic carbocycles. The maximum Gasteiger partial charge on any atom is 0.326 e. The Labute approximate surface area is 128 Å². The van der Waals surface area contributed by atoms with Gasteiger partial charge in [-0.25, -0.2) is 4.79 Å². The van der Waals surface area contributed by atoms with Gasteiger partial charge in [-0.2, -0.15) is 0 Å². The van der Waals surface area contributed by atoms with Crippen molar-refractivity contribution < 1.29 is 14.7 Å². The van der Waals surface area contributed by atoms with Crippen molar-refractivity contribution in [2.24, 2.45) is 0 Å². The largest absolute Gasteiger partial charge is 0.480 e. The number of benzene rings is 1. The first-order valence-electron chi connectivity index (χ1n) is 7.24. The Bertz CT molecular complexity index is 748. The molecule has 5 heteroatoms. The number of hydrogen-bond donors (Lipinski definition) is 2. The van der Waals surface area contributed by atoms with E-state index < -0.39 is 12.0 Å². The third-order valence-corrected chi connectivity index (χ3v) is 4.16. The molecular weight excluding hydrogens is 280 g/mol. The third-order valence-electron chi connectivity index (χ3n) is 4.16. The topological polar surface area (TPSA) is 73.4 Å². The second kappa shape index (κ2) is 5.33. The molecular formula is C17H18N2O3. The molecule has 22 heavy (non-hydrogen) atoms. The summed E-state index contributed by atoms with van der Waals surface area (Å²) in [5.74, 6) is -1.23. The molecule has 1 atom stereocenters. The molecule has 0 saturated heterocycles. The lowest BCUT2D eigenvalue weighted by Crippen LogP contribution is -2.48. The van der Waals surface area contributed by atoms with Gasteiger partial charge >= 0.3 is 5.97 Å². The first-order valence-corrected chi connectivity index (χ1v) is 7.24. The Balaban J connectivity index is 1.99. The minimum absolute atomic E-state index is 0.257. The van der Waals surface area contributed by atoms with Gasteiger partial charge in [0.1, 0.15) is 11.7 Å². The number of amides is 1. The van der Waals surface area contributed by atoms with E-state index in [1.54, 1.807) is 0 Å². The van der Waals surface area contributed by atoms with Gasteiger partial charge in [-0.3, -0.25) is 4.79 Å². The number of H-pyrrole nitrogens is 1. The smallest absolute Gasteiger partial charge is 0.326 e. The van der Waals surface area contributed by atoms with E-state index >= 15 is 0 Å². The summed E-state index contributed by atoms with van der Waals surface area (Å²) in [6.45, 7) is 4.05. The molecule has 0 saturated carbocycles. The standard InChI is InChI=1S/C17H18N2O3/c1-10-7-11(2)18-15(10)16(20)19-9-13-6-4-3-5-12(13)8-14(19)17(21)22/h3-7,14,18H,8-9H2,1-2H3,(H,21,22). The molecule has 114 valence electrons. The number of nitrogens with zero attached hydrogens (tertiary/aromatic N) is 1. The van der Waals surface area contributed by atoms with E-state index in [-0.39, 0.29) is 5.91 Å². The molecule has 0 aliphatic carbocycles. The molecule has 2 N–H and O–H groups in total. The zero-order chi connectivity index (χ0) is 15.9. The summed E-state index contributed by atoms with van der Waals surface area (Å²) in [4.78, 5) is 28.9. The fourth-order valence-corrected chi connectivity index (χ4v) is 3.05. The van der Waals surface area contributed by atoms with Crippen LogP contribution in [-0.2, 0) is 17.8 Å². The quantitative estimate of drug-likeness (QED) is 0.893. The summed E-state index contributed by atoms with van der Waals surface area (Å²) >= 11 is 0. The second-order valence-corrected chi connectivity index (χ2v) is 5.77. The molecule has 0 bridgehead atoms. The van der Waals surface area contributed by atoms with E-state index in [0.717, 1.165) is 22.4 Å². The molecule has 0 fully saturated rings. The van der Waals surface area contributed by atoms with Crippen LogP contribution in [0.2, 0.25) is 0 Å². The van der Waals surface area contributed by atoms with Crippen molar-refractivity contribution in [2.75, 3.05) is 0 Å². The average molecular weight is 298 g/mol. The molecule has 0 spiro atoms. The summed E-state index contributed by atoms with van der Waals surface area (Å²) in [7, 11) is 0. The van der Waals surface area contributed by atoms with Crippen LogP contribution in [0, 0.1) is 13.8 Å². The van der Waals surface area contributed by atoms with Crippen molar-refractivity contribution in [1.29, 1.82) is 0 Å². The maximum atomic E-state index is 12.8. The highest BCUT2D eigenvalue weighted by atomic mass is 16.4. The summed E-state index contributed by atoms with van der Waals surface area (Å²) in [6.07, 6.45) is 0.343. The Morgan fingerprint density at radius 1 is 1.23 bits per heavy atom. The molecule has 1 unspecified atom stereocenters. The van der Waals surface area contributed by atoms with Crippen LogP contribution in [0.3, 0.4) is 0 Å². The first-order chi connectivity index (χ1) is 10.5.